The SMILES string of the molecule is CC(C)(C)OC(=O)NCCC(O)C(O)c1cccc(N)c1C#N. The molecule has 1 aromatic rings. The summed E-state index contributed by atoms with van der Waals surface area (Å²) in [5.41, 5.74) is 5.71. The number of hydrogen-bond acceptors (Lipinski definition) is 6. The summed E-state index contributed by atoms with van der Waals surface area (Å²) in [5, 5.41) is 31.8. The third kappa shape index (κ3) is 5.77. The number of alkyl carbamates (subject to hydrolysis) is 1. The number of nitrogen functional groups attached to an aromatic ring is 1. The van der Waals surface area contributed by atoms with Crippen LogP contribution in [0, 0.1) is 11.3 Å². The molecule has 0 aliphatic heterocycles. The fraction of sp³-hybridized carbons (Fsp3) is 0.500. The Bertz CT molecular complexity index is 590. The third-order valence-electron chi connectivity index (χ3n) is 3.03. The number of nitriles is 1. The van der Waals surface area contributed by atoms with Crippen LogP contribution in [0.5, 0.6) is 0 Å². The quantitative estimate of drug-likeness (QED) is 0.608. The molecular formula is C16H23N3O4. The largest absolute Gasteiger partial charge is 0.444 e. The standard InChI is InChI=1S/C16H23N3O4/c1-16(2,3)23-15(22)19-8-7-13(20)14(21)10-5-4-6-12(18)11(10)9-17/h4-6,13-14,20-21H,7-8,18H2,1-3H3,(H,19,22). The Balaban J connectivity index is 2.59. The van der Waals surface area contributed by atoms with Crippen LogP contribution < -0.4 is 11.1 Å². The second-order valence-corrected chi connectivity index (χ2v) is 6.15. The number of hydrogen-bond donors (Lipinski definition) is 4. The van der Waals surface area contributed by atoms with E-state index in [2.05, 4.69) is 5.32 Å². The molecule has 7 heteroatoms. The Hall–Kier alpha value is -2.30. The minimum Gasteiger partial charge on any atom is -0.444 e. The van der Waals surface area contributed by atoms with E-state index in [-0.39, 0.29) is 29.8 Å². The molecule has 0 saturated heterocycles. The smallest absolute Gasteiger partial charge is 0.407 e. The lowest BCUT2D eigenvalue weighted by Crippen LogP contribution is -2.34. The van der Waals surface area contributed by atoms with Gasteiger partial charge in [-0.1, -0.05) is 12.1 Å². The van der Waals surface area contributed by atoms with E-state index in [0.29, 0.717) is 0 Å². The van der Waals surface area contributed by atoms with Gasteiger partial charge in [0, 0.05) is 17.8 Å². The van der Waals surface area contributed by atoms with Crippen LogP contribution in [0.25, 0.3) is 0 Å². The normalized spacial score (nSPS) is 13.7. The molecule has 1 rings (SSSR count). The van der Waals surface area contributed by atoms with Crippen molar-refractivity contribution in [3.63, 3.8) is 0 Å². The van der Waals surface area contributed by atoms with Gasteiger partial charge in [-0.05, 0) is 33.3 Å². The van der Waals surface area contributed by atoms with Crippen molar-refractivity contribution in [3.05, 3.63) is 29.3 Å². The Morgan fingerprint density at radius 1 is 1.43 bits per heavy atom. The van der Waals surface area contributed by atoms with Crippen molar-refractivity contribution in [2.24, 2.45) is 0 Å². The van der Waals surface area contributed by atoms with Gasteiger partial charge in [0.25, 0.3) is 0 Å². The lowest BCUT2D eigenvalue weighted by Gasteiger charge is -2.22. The van der Waals surface area contributed by atoms with E-state index in [4.69, 9.17) is 15.7 Å². The van der Waals surface area contributed by atoms with Gasteiger partial charge in [-0.2, -0.15) is 5.26 Å². The minimum atomic E-state index is -1.27. The molecule has 0 bridgehead atoms. The van der Waals surface area contributed by atoms with Crippen molar-refractivity contribution in [2.45, 2.75) is 45.0 Å². The zero-order chi connectivity index (χ0) is 17.6. The number of benzene rings is 1. The lowest BCUT2D eigenvalue weighted by atomic mass is 9.96. The monoisotopic (exact) mass is 321 g/mol. The number of anilines is 1. The van der Waals surface area contributed by atoms with Gasteiger partial charge in [-0.25, -0.2) is 4.79 Å². The fourth-order valence-corrected chi connectivity index (χ4v) is 1.97. The molecule has 23 heavy (non-hydrogen) atoms. The van der Waals surface area contributed by atoms with Gasteiger partial charge in [0.05, 0.1) is 11.7 Å². The zero-order valence-corrected chi connectivity index (χ0v) is 13.5. The maximum absolute atomic E-state index is 11.5. The molecule has 0 aliphatic carbocycles. The molecule has 126 valence electrons. The van der Waals surface area contributed by atoms with E-state index >= 15 is 0 Å². The van der Waals surface area contributed by atoms with Crippen molar-refractivity contribution < 1.29 is 19.7 Å². The van der Waals surface area contributed by atoms with E-state index in [1.165, 1.54) is 6.07 Å². The highest BCUT2D eigenvalue weighted by molar-refractivity contribution is 5.67. The van der Waals surface area contributed by atoms with Gasteiger partial charge < -0.3 is 26.0 Å². The molecule has 5 N–H and O–H groups in total. The summed E-state index contributed by atoms with van der Waals surface area (Å²) in [6.45, 7) is 5.36. The Morgan fingerprint density at radius 2 is 2.09 bits per heavy atom. The average molecular weight is 321 g/mol. The van der Waals surface area contributed by atoms with Crippen molar-refractivity contribution in [2.75, 3.05) is 12.3 Å². The molecule has 0 aliphatic rings. The molecule has 0 spiro atoms. The number of amides is 1. The summed E-state index contributed by atoms with van der Waals surface area (Å²) < 4.78 is 5.06. The molecule has 0 saturated carbocycles. The summed E-state index contributed by atoms with van der Waals surface area (Å²) in [4.78, 5) is 11.5. The number of nitrogens with zero attached hydrogens (tertiary/aromatic N) is 1. The fourth-order valence-electron chi connectivity index (χ4n) is 1.97. The minimum absolute atomic E-state index is 0.0973. The number of ether oxygens (including phenoxy) is 1. The first-order chi connectivity index (χ1) is 10.7. The molecule has 2 atom stereocenters. The Kier molecular flexibility index (Phi) is 6.37. The molecule has 1 aromatic carbocycles. The highest BCUT2D eigenvalue weighted by Gasteiger charge is 2.23. The topological polar surface area (TPSA) is 129 Å². The van der Waals surface area contributed by atoms with Gasteiger partial charge in [0.15, 0.2) is 0 Å². The number of carbonyl (C=O) groups excluding carboxylic acids is 1. The molecular weight excluding hydrogens is 298 g/mol. The second kappa shape index (κ2) is 7.81. The number of nitrogens with two attached hydrogens (primary N) is 1. The number of aliphatic hydroxyl groups excluding tert-OH is 2. The van der Waals surface area contributed by atoms with E-state index in [1.807, 2.05) is 6.07 Å². The van der Waals surface area contributed by atoms with Crippen molar-refractivity contribution >= 4 is 11.8 Å². The summed E-state index contributed by atoms with van der Waals surface area (Å²) >= 11 is 0. The van der Waals surface area contributed by atoms with Crippen molar-refractivity contribution in [1.82, 2.24) is 5.32 Å². The Morgan fingerprint density at radius 3 is 2.65 bits per heavy atom. The van der Waals surface area contributed by atoms with Crippen LogP contribution in [0.4, 0.5) is 10.5 Å². The summed E-state index contributed by atoms with van der Waals surface area (Å²) in [6.07, 6.45) is -2.92. The average Bonchev–Trinajstić information content (AvgIpc) is 2.44. The second-order valence-electron chi connectivity index (χ2n) is 6.15. The first-order valence-corrected chi connectivity index (χ1v) is 7.27. The molecule has 0 heterocycles. The van der Waals surface area contributed by atoms with Crippen LogP contribution in [-0.2, 0) is 4.74 Å². The molecule has 0 aromatic heterocycles. The molecule has 2 unspecified atom stereocenters. The van der Waals surface area contributed by atoms with Crippen molar-refractivity contribution in [1.29, 1.82) is 5.26 Å². The summed E-state index contributed by atoms with van der Waals surface area (Å²) in [7, 11) is 0. The van der Waals surface area contributed by atoms with Crippen LogP contribution in [0.15, 0.2) is 18.2 Å². The summed E-state index contributed by atoms with van der Waals surface area (Å²) in [5.74, 6) is 0. The molecule has 7 nitrogen and oxygen atoms in total. The number of rotatable bonds is 5. The highest BCUT2D eigenvalue weighted by Crippen LogP contribution is 2.25. The number of nitrogens with one attached hydrogen (secondary N) is 1. The summed E-state index contributed by atoms with van der Waals surface area (Å²) in [6, 6.07) is 6.59. The first kappa shape index (κ1) is 18.7. The first-order valence-electron chi connectivity index (χ1n) is 7.27. The van der Waals surface area contributed by atoms with Gasteiger partial charge in [-0.15, -0.1) is 0 Å². The number of aliphatic hydroxyl groups is 2. The van der Waals surface area contributed by atoms with Gasteiger partial charge in [0.2, 0.25) is 0 Å². The highest BCUT2D eigenvalue weighted by atomic mass is 16.6. The van der Waals surface area contributed by atoms with E-state index < -0.39 is 23.9 Å². The predicted molar refractivity (Wildman–Crippen MR) is 85.4 cm³/mol. The maximum atomic E-state index is 11.5. The van der Waals surface area contributed by atoms with Crippen molar-refractivity contribution in [3.8, 4) is 6.07 Å². The van der Waals surface area contributed by atoms with E-state index in [9.17, 15) is 15.0 Å². The van der Waals surface area contributed by atoms with Crippen LogP contribution >= 0.6 is 0 Å². The molecule has 0 radical (unpaired) electrons. The maximum Gasteiger partial charge on any atom is 0.407 e. The van der Waals surface area contributed by atoms with Crippen LogP contribution in [0.3, 0.4) is 0 Å². The molecule has 1 amide bonds. The van der Waals surface area contributed by atoms with Crippen LogP contribution in [0.2, 0.25) is 0 Å². The van der Waals surface area contributed by atoms with E-state index in [1.54, 1.807) is 32.9 Å². The van der Waals surface area contributed by atoms with Gasteiger partial charge in [-0.3, -0.25) is 0 Å². The Labute approximate surface area is 135 Å². The molecule has 0 fully saturated rings. The predicted octanol–water partition coefficient (Wildman–Crippen LogP) is 1.45. The van der Waals surface area contributed by atoms with E-state index in [0.717, 1.165) is 0 Å². The van der Waals surface area contributed by atoms with Gasteiger partial charge >= 0.3 is 6.09 Å². The third-order valence-corrected chi connectivity index (χ3v) is 3.03. The lowest BCUT2D eigenvalue weighted by molar-refractivity contribution is 0.0122. The van der Waals surface area contributed by atoms with Gasteiger partial charge in [0.1, 0.15) is 17.8 Å². The van der Waals surface area contributed by atoms with Crippen LogP contribution in [0.1, 0.15) is 44.4 Å². The zero-order valence-electron chi connectivity index (χ0n) is 13.5. The van der Waals surface area contributed by atoms with Crippen LogP contribution in [-0.4, -0.2) is 34.6 Å². The number of carbonyl (C=O) groups is 1.